The Kier molecular flexibility index (Phi) is 5.24. The van der Waals surface area contributed by atoms with Crippen LogP contribution in [0.5, 0.6) is 0 Å². The van der Waals surface area contributed by atoms with Crippen LogP contribution in [0.1, 0.15) is 12.8 Å². The number of rotatable bonds is 7. The molecule has 0 fully saturated rings. The van der Waals surface area contributed by atoms with Crippen molar-refractivity contribution in [1.29, 1.82) is 0 Å². The highest BCUT2D eigenvalue weighted by molar-refractivity contribution is 7.89. The quantitative estimate of drug-likeness (QED) is 0.532. The third-order valence-corrected chi connectivity index (χ3v) is 2.60. The van der Waals surface area contributed by atoms with Gasteiger partial charge < -0.3 is 10.8 Å². The summed E-state index contributed by atoms with van der Waals surface area (Å²) in [7, 11) is -5.01. The average Bonchev–Trinajstić information content (AvgIpc) is 2.11. The van der Waals surface area contributed by atoms with Gasteiger partial charge in [-0.2, -0.15) is 13.5 Å². The second kappa shape index (κ2) is 5.70. The Labute approximate surface area is 89.7 Å². The molecule has 7 nitrogen and oxygen atoms in total. The fraction of sp³-hybridized carbons (Fsp3) is 0.667. The number of alkyl halides is 2. The van der Waals surface area contributed by atoms with E-state index in [2.05, 4.69) is 0 Å². The predicted molar refractivity (Wildman–Crippen MR) is 47.9 cm³/mol. The molecule has 0 aromatic rings. The van der Waals surface area contributed by atoms with Crippen LogP contribution in [0.15, 0.2) is 0 Å². The third kappa shape index (κ3) is 4.98. The Morgan fingerprint density at radius 3 is 2.19 bits per heavy atom. The first kappa shape index (κ1) is 14.7. The molecule has 0 rings (SSSR count). The number of carbonyl (C=O) groups is 2. The molecule has 0 spiro atoms. The van der Waals surface area contributed by atoms with Crippen molar-refractivity contribution in [2.75, 3.05) is 0 Å². The molecule has 0 heterocycles. The Morgan fingerprint density at radius 2 is 1.88 bits per heavy atom. The molecule has 94 valence electrons. The molecule has 0 aliphatic rings. The van der Waals surface area contributed by atoms with Crippen molar-refractivity contribution in [1.82, 2.24) is 4.72 Å². The van der Waals surface area contributed by atoms with Crippen molar-refractivity contribution in [2.45, 2.75) is 24.6 Å². The van der Waals surface area contributed by atoms with Crippen LogP contribution in [0.2, 0.25) is 0 Å². The van der Waals surface area contributed by atoms with E-state index in [9.17, 15) is 26.8 Å². The molecule has 0 aromatic heterocycles. The van der Waals surface area contributed by atoms with Gasteiger partial charge in [0.15, 0.2) is 0 Å². The zero-order valence-electron chi connectivity index (χ0n) is 7.89. The molecule has 0 saturated heterocycles. The maximum absolute atomic E-state index is 11.9. The number of carbonyl (C=O) groups excluding carboxylic acids is 1. The number of hydrogen-bond acceptors (Lipinski definition) is 4. The van der Waals surface area contributed by atoms with E-state index in [0.717, 1.165) is 0 Å². The minimum atomic E-state index is -5.01. The topological polar surface area (TPSA) is 127 Å². The highest BCUT2D eigenvalue weighted by atomic mass is 32.2. The highest BCUT2D eigenvalue weighted by Crippen LogP contribution is 2.06. The molecule has 0 bridgehead atoms. The first-order valence-electron chi connectivity index (χ1n) is 3.97. The zero-order valence-corrected chi connectivity index (χ0v) is 8.71. The molecule has 4 N–H and O–H groups in total. The largest absolute Gasteiger partial charge is 0.480 e. The molecule has 16 heavy (non-hydrogen) atoms. The summed E-state index contributed by atoms with van der Waals surface area (Å²) >= 11 is 0. The Bertz CT molecular complexity index is 369. The van der Waals surface area contributed by atoms with Crippen molar-refractivity contribution >= 4 is 21.9 Å². The van der Waals surface area contributed by atoms with Crippen LogP contribution in [0.25, 0.3) is 0 Å². The van der Waals surface area contributed by atoms with E-state index in [1.807, 2.05) is 0 Å². The molecule has 0 aromatic carbocycles. The number of amides is 1. The van der Waals surface area contributed by atoms with Crippen molar-refractivity contribution < 1.29 is 31.9 Å². The van der Waals surface area contributed by atoms with Gasteiger partial charge in [0.1, 0.15) is 6.04 Å². The lowest BCUT2D eigenvalue weighted by Gasteiger charge is -2.13. The number of primary amides is 1. The fourth-order valence-corrected chi connectivity index (χ4v) is 1.49. The third-order valence-electron chi connectivity index (χ3n) is 1.52. The average molecular weight is 260 g/mol. The summed E-state index contributed by atoms with van der Waals surface area (Å²) in [6, 6.07) is -1.80. The Morgan fingerprint density at radius 1 is 1.38 bits per heavy atom. The Hall–Kier alpha value is -1.29. The summed E-state index contributed by atoms with van der Waals surface area (Å²) in [5, 5.41) is 8.51. The molecule has 0 saturated carbocycles. The number of carboxylic acids is 1. The first-order chi connectivity index (χ1) is 7.16. The summed E-state index contributed by atoms with van der Waals surface area (Å²) in [6.07, 6.45) is -0.917. The lowest BCUT2D eigenvalue weighted by molar-refractivity contribution is -0.139. The van der Waals surface area contributed by atoms with Gasteiger partial charge in [0, 0.05) is 6.42 Å². The maximum Gasteiger partial charge on any atom is 0.350 e. The van der Waals surface area contributed by atoms with Gasteiger partial charge in [0.2, 0.25) is 5.91 Å². The van der Waals surface area contributed by atoms with Gasteiger partial charge >= 0.3 is 11.7 Å². The number of hydrogen-bond donors (Lipinski definition) is 3. The summed E-state index contributed by atoms with van der Waals surface area (Å²) < 4.78 is 46.4. The van der Waals surface area contributed by atoms with Gasteiger partial charge in [0.05, 0.1) is 0 Å². The van der Waals surface area contributed by atoms with Gasteiger partial charge in [-0.05, 0) is 6.42 Å². The van der Waals surface area contributed by atoms with E-state index >= 15 is 0 Å². The number of halogens is 2. The smallest absolute Gasteiger partial charge is 0.350 e. The molecular weight excluding hydrogens is 250 g/mol. The molecule has 1 amide bonds. The minimum Gasteiger partial charge on any atom is -0.480 e. The van der Waals surface area contributed by atoms with Gasteiger partial charge in [0.25, 0.3) is 10.0 Å². The second-order valence-electron chi connectivity index (χ2n) is 2.82. The number of sulfonamides is 1. The normalized spacial score (nSPS) is 13.7. The van der Waals surface area contributed by atoms with E-state index in [4.69, 9.17) is 10.8 Å². The van der Waals surface area contributed by atoms with Gasteiger partial charge in [-0.25, -0.2) is 8.42 Å². The van der Waals surface area contributed by atoms with E-state index in [-0.39, 0.29) is 0 Å². The lowest BCUT2D eigenvalue weighted by Crippen LogP contribution is -2.43. The first-order valence-corrected chi connectivity index (χ1v) is 5.52. The molecule has 1 atom stereocenters. The van der Waals surface area contributed by atoms with E-state index in [1.165, 1.54) is 4.72 Å². The number of carboxylic acid groups (broad SMARTS) is 1. The van der Waals surface area contributed by atoms with Crippen LogP contribution in [0, 0.1) is 0 Å². The van der Waals surface area contributed by atoms with Crippen LogP contribution in [0.4, 0.5) is 8.78 Å². The number of aliphatic carboxylic acids is 1. The maximum atomic E-state index is 11.9. The van der Waals surface area contributed by atoms with Crippen LogP contribution < -0.4 is 10.5 Å². The molecule has 10 heteroatoms. The van der Waals surface area contributed by atoms with Crippen molar-refractivity contribution in [3.63, 3.8) is 0 Å². The van der Waals surface area contributed by atoms with Crippen LogP contribution >= 0.6 is 0 Å². The van der Waals surface area contributed by atoms with E-state index in [1.54, 1.807) is 0 Å². The standard InChI is InChI=1S/C6H10F2N2O5S/c7-6(8)16(14,15)10-3(5(12)13)1-2-4(9)11/h3,6,10H,1-2H2,(H2,9,11)(H,12,13)/t3-/m1/s1. The Balaban J connectivity index is 4.58. The zero-order chi connectivity index (χ0) is 12.9. The SMILES string of the molecule is NC(=O)CC[C@@H](NS(=O)(=O)C(F)F)C(=O)O. The molecule has 0 aliphatic heterocycles. The van der Waals surface area contributed by atoms with Crippen molar-refractivity contribution in [2.24, 2.45) is 5.73 Å². The van der Waals surface area contributed by atoms with Gasteiger partial charge in [-0.1, -0.05) is 0 Å². The summed E-state index contributed by atoms with van der Waals surface area (Å²) in [6.45, 7) is 0. The molecule has 0 radical (unpaired) electrons. The molecule has 0 aliphatic carbocycles. The number of nitrogens with one attached hydrogen (secondary N) is 1. The fourth-order valence-electron chi connectivity index (χ4n) is 0.769. The lowest BCUT2D eigenvalue weighted by atomic mass is 10.2. The van der Waals surface area contributed by atoms with E-state index in [0.29, 0.717) is 0 Å². The predicted octanol–water partition coefficient (Wildman–Crippen LogP) is -1.15. The van der Waals surface area contributed by atoms with Crippen LogP contribution in [0.3, 0.4) is 0 Å². The van der Waals surface area contributed by atoms with Crippen molar-refractivity contribution in [3.8, 4) is 0 Å². The summed E-state index contributed by atoms with van der Waals surface area (Å²) in [5.74, 6) is -6.25. The van der Waals surface area contributed by atoms with Gasteiger partial charge in [-0.15, -0.1) is 0 Å². The van der Waals surface area contributed by atoms with Gasteiger partial charge in [-0.3, -0.25) is 9.59 Å². The molecular formula is C6H10F2N2O5S. The van der Waals surface area contributed by atoms with Crippen molar-refractivity contribution in [3.05, 3.63) is 0 Å². The summed E-state index contributed by atoms with van der Waals surface area (Å²) in [4.78, 5) is 20.8. The van der Waals surface area contributed by atoms with E-state index < -0.39 is 46.5 Å². The van der Waals surface area contributed by atoms with Crippen LogP contribution in [-0.4, -0.2) is 37.2 Å². The number of nitrogens with two attached hydrogens (primary N) is 1. The highest BCUT2D eigenvalue weighted by Gasteiger charge is 2.30. The minimum absolute atomic E-state index is 0.428. The second-order valence-corrected chi connectivity index (χ2v) is 4.50. The monoisotopic (exact) mass is 260 g/mol. The van der Waals surface area contributed by atoms with Crippen LogP contribution in [-0.2, 0) is 19.6 Å². The molecule has 0 unspecified atom stereocenters. The summed E-state index contributed by atoms with van der Waals surface area (Å²) in [5.41, 5.74) is 4.71.